The first-order chi connectivity index (χ1) is 18.0. The Morgan fingerprint density at radius 1 is 0.946 bits per heavy atom. The highest BCUT2D eigenvalue weighted by atomic mass is 16.5. The molecule has 1 fully saturated rings. The maximum absolute atomic E-state index is 12.6. The Kier molecular flexibility index (Phi) is 6.93. The molecule has 37 heavy (non-hydrogen) atoms. The monoisotopic (exact) mass is 499 g/mol. The molecule has 3 aromatic rings. The van der Waals surface area contributed by atoms with Crippen LogP contribution in [0.4, 0.5) is 5.69 Å². The van der Waals surface area contributed by atoms with Gasteiger partial charge in [-0.3, -0.25) is 19.5 Å². The first-order valence-electron chi connectivity index (χ1n) is 12.4. The van der Waals surface area contributed by atoms with Gasteiger partial charge in [-0.15, -0.1) is 0 Å². The number of nitrogens with zero attached hydrogens (tertiary/aromatic N) is 5. The van der Waals surface area contributed by atoms with Gasteiger partial charge >= 0.3 is 0 Å². The lowest BCUT2D eigenvalue weighted by Crippen LogP contribution is -2.35. The van der Waals surface area contributed by atoms with Crippen molar-refractivity contribution in [1.82, 2.24) is 14.8 Å². The molecule has 9 heteroatoms. The summed E-state index contributed by atoms with van der Waals surface area (Å²) in [5.74, 6) is 0.780. The molecule has 9 nitrogen and oxygen atoms in total. The standard InChI is InChI=1S/C28H29N5O4/c1-36-24-15-22-23(16-25(24)37-2)30-18-19(17-29)26(22)32-11-5-9-31(13-14-32)10-6-12-33-27(34)20-7-3-4-8-21(20)28(33)35/h3-4,7-8,15-16,18H,5-6,9-14H2,1-2H3. The summed E-state index contributed by atoms with van der Waals surface area (Å²) < 4.78 is 10.9. The zero-order chi connectivity index (χ0) is 25.9. The van der Waals surface area contributed by atoms with E-state index in [-0.39, 0.29) is 11.8 Å². The maximum Gasteiger partial charge on any atom is 0.261 e. The van der Waals surface area contributed by atoms with Gasteiger partial charge in [0, 0.05) is 43.8 Å². The molecule has 2 aliphatic rings. The lowest BCUT2D eigenvalue weighted by Gasteiger charge is -2.26. The number of hydrogen-bond donors (Lipinski definition) is 0. The maximum atomic E-state index is 12.6. The van der Waals surface area contributed by atoms with E-state index in [0.717, 1.165) is 55.7 Å². The fourth-order valence-electron chi connectivity index (χ4n) is 5.24. The molecule has 0 spiro atoms. The van der Waals surface area contributed by atoms with Crippen molar-refractivity contribution >= 4 is 28.4 Å². The van der Waals surface area contributed by atoms with Gasteiger partial charge in [0.05, 0.1) is 42.1 Å². The fourth-order valence-corrected chi connectivity index (χ4v) is 5.24. The Morgan fingerprint density at radius 3 is 2.32 bits per heavy atom. The Balaban J connectivity index is 1.27. The summed E-state index contributed by atoms with van der Waals surface area (Å²) in [6.45, 7) is 4.45. The van der Waals surface area contributed by atoms with Gasteiger partial charge in [-0.05, 0) is 44.1 Å². The Bertz CT molecular complexity index is 1360. The zero-order valence-electron chi connectivity index (χ0n) is 21.1. The predicted molar refractivity (Wildman–Crippen MR) is 139 cm³/mol. The van der Waals surface area contributed by atoms with Gasteiger partial charge in [0.2, 0.25) is 0 Å². The predicted octanol–water partition coefficient (Wildman–Crippen LogP) is 3.32. The number of carbonyl (C=O) groups excluding carboxylic acids is 2. The second kappa shape index (κ2) is 10.4. The van der Waals surface area contributed by atoms with Crippen LogP contribution in [0.25, 0.3) is 10.9 Å². The third kappa shape index (κ3) is 4.56. The van der Waals surface area contributed by atoms with Crippen LogP contribution in [0.3, 0.4) is 0 Å². The van der Waals surface area contributed by atoms with E-state index in [4.69, 9.17) is 9.47 Å². The average Bonchev–Trinajstić information content (AvgIpc) is 3.07. The van der Waals surface area contributed by atoms with Crippen molar-refractivity contribution in [1.29, 1.82) is 5.26 Å². The number of nitriles is 1. The van der Waals surface area contributed by atoms with Crippen LogP contribution in [-0.4, -0.2) is 80.1 Å². The topological polar surface area (TPSA) is 99.0 Å². The fraction of sp³-hybridized carbons (Fsp3) is 0.357. The second-order valence-electron chi connectivity index (χ2n) is 9.20. The molecule has 2 amide bonds. The normalized spacial score (nSPS) is 16.0. The van der Waals surface area contributed by atoms with E-state index in [2.05, 4.69) is 20.9 Å². The van der Waals surface area contributed by atoms with Gasteiger partial charge in [0.15, 0.2) is 11.5 Å². The van der Waals surface area contributed by atoms with Crippen molar-refractivity contribution in [3.8, 4) is 17.6 Å². The number of carbonyl (C=O) groups is 2. The number of hydrogen-bond acceptors (Lipinski definition) is 8. The molecular weight excluding hydrogens is 470 g/mol. The lowest BCUT2D eigenvalue weighted by molar-refractivity contribution is 0.0647. The third-order valence-electron chi connectivity index (χ3n) is 7.10. The highest BCUT2D eigenvalue weighted by molar-refractivity contribution is 6.21. The number of anilines is 1. The minimum atomic E-state index is -0.205. The molecule has 1 saturated heterocycles. The quantitative estimate of drug-likeness (QED) is 0.457. The van der Waals surface area contributed by atoms with Gasteiger partial charge in [-0.25, -0.2) is 0 Å². The number of pyridine rings is 1. The Morgan fingerprint density at radius 2 is 1.65 bits per heavy atom. The van der Waals surface area contributed by atoms with E-state index in [1.807, 2.05) is 12.1 Å². The van der Waals surface area contributed by atoms with Gasteiger partial charge in [-0.1, -0.05) is 12.1 Å². The molecule has 0 atom stereocenters. The molecule has 0 saturated carbocycles. The van der Waals surface area contributed by atoms with Crippen molar-refractivity contribution < 1.29 is 19.1 Å². The van der Waals surface area contributed by atoms with Crippen LogP contribution in [0.2, 0.25) is 0 Å². The summed E-state index contributed by atoms with van der Waals surface area (Å²) in [4.78, 5) is 35.7. The molecule has 2 aliphatic heterocycles. The summed E-state index contributed by atoms with van der Waals surface area (Å²) in [6.07, 6.45) is 3.26. The van der Waals surface area contributed by atoms with Crippen molar-refractivity contribution in [2.45, 2.75) is 12.8 Å². The molecule has 0 radical (unpaired) electrons. The second-order valence-corrected chi connectivity index (χ2v) is 9.20. The highest BCUT2D eigenvalue weighted by Crippen LogP contribution is 2.37. The Hall–Kier alpha value is -4.16. The van der Waals surface area contributed by atoms with Crippen LogP contribution in [-0.2, 0) is 0 Å². The average molecular weight is 500 g/mol. The smallest absolute Gasteiger partial charge is 0.261 e. The SMILES string of the molecule is COc1cc2ncc(C#N)c(N3CCCN(CCCN4C(=O)c5ccccc5C4=O)CC3)c2cc1OC. The van der Waals surface area contributed by atoms with E-state index in [0.29, 0.717) is 41.2 Å². The summed E-state index contributed by atoms with van der Waals surface area (Å²) in [5, 5.41) is 10.7. The number of fused-ring (bicyclic) bond motifs is 2. The number of amides is 2. The van der Waals surface area contributed by atoms with Gasteiger partial charge < -0.3 is 19.3 Å². The minimum absolute atomic E-state index is 0.205. The summed E-state index contributed by atoms with van der Waals surface area (Å²) in [7, 11) is 3.18. The minimum Gasteiger partial charge on any atom is -0.493 e. The molecule has 5 rings (SSSR count). The molecular formula is C28H29N5O4. The molecule has 1 aromatic heterocycles. The highest BCUT2D eigenvalue weighted by Gasteiger charge is 2.34. The molecule has 0 bridgehead atoms. The number of rotatable bonds is 7. The van der Waals surface area contributed by atoms with E-state index in [1.165, 1.54) is 4.90 Å². The van der Waals surface area contributed by atoms with Gasteiger partial charge in [0.1, 0.15) is 6.07 Å². The van der Waals surface area contributed by atoms with E-state index in [9.17, 15) is 14.9 Å². The van der Waals surface area contributed by atoms with Crippen LogP contribution in [0.15, 0.2) is 42.6 Å². The van der Waals surface area contributed by atoms with Crippen LogP contribution in [0, 0.1) is 11.3 Å². The number of aromatic nitrogens is 1. The van der Waals surface area contributed by atoms with Crippen LogP contribution in [0.1, 0.15) is 39.1 Å². The molecule has 0 aliphatic carbocycles. The number of imide groups is 1. The summed E-state index contributed by atoms with van der Waals surface area (Å²) in [5.41, 5.74) is 3.11. The first kappa shape index (κ1) is 24.5. The zero-order valence-corrected chi connectivity index (χ0v) is 21.1. The largest absolute Gasteiger partial charge is 0.493 e. The van der Waals surface area contributed by atoms with Crippen molar-refractivity contribution in [2.75, 3.05) is 58.4 Å². The molecule has 0 N–H and O–H groups in total. The van der Waals surface area contributed by atoms with Gasteiger partial charge in [-0.2, -0.15) is 5.26 Å². The number of benzene rings is 2. The molecule has 3 heterocycles. The van der Waals surface area contributed by atoms with Crippen molar-refractivity contribution in [2.24, 2.45) is 0 Å². The van der Waals surface area contributed by atoms with Crippen molar-refractivity contribution in [3.63, 3.8) is 0 Å². The van der Waals surface area contributed by atoms with Gasteiger partial charge in [0.25, 0.3) is 11.8 Å². The number of ether oxygens (including phenoxy) is 2. The third-order valence-corrected chi connectivity index (χ3v) is 7.10. The van der Waals surface area contributed by atoms with E-state index < -0.39 is 0 Å². The number of methoxy groups -OCH3 is 2. The molecule has 0 unspecified atom stereocenters. The Labute approximate surface area is 215 Å². The first-order valence-corrected chi connectivity index (χ1v) is 12.4. The van der Waals surface area contributed by atoms with Crippen LogP contribution >= 0.6 is 0 Å². The van der Waals surface area contributed by atoms with E-state index in [1.54, 1.807) is 44.7 Å². The molecule has 190 valence electrons. The van der Waals surface area contributed by atoms with Crippen molar-refractivity contribution in [3.05, 3.63) is 59.3 Å². The van der Waals surface area contributed by atoms with Crippen LogP contribution in [0.5, 0.6) is 11.5 Å². The van der Waals surface area contributed by atoms with Crippen LogP contribution < -0.4 is 14.4 Å². The molecule has 2 aromatic carbocycles. The summed E-state index contributed by atoms with van der Waals surface area (Å²) in [6, 6.07) is 13.0. The van der Waals surface area contributed by atoms with E-state index >= 15 is 0 Å². The lowest BCUT2D eigenvalue weighted by atomic mass is 10.1. The summed E-state index contributed by atoms with van der Waals surface area (Å²) >= 11 is 0.